The van der Waals surface area contributed by atoms with Crippen LogP contribution in [-0.2, 0) is 16.1 Å². The van der Waals surface area contributed by atoms with Gasteiger partial charge in [-0.15, -0.1) is 0 Å². The standard InChI is InChI=1S/C23H24ClNO3/c1-14(2)28-23(26)19(12-25)10-18-11-20(16(4)8-15(18)3)13-27-22-7-6-21(24)9-17(22)5/h6-11,14H,13H2,1-5H3/b19-10+. The van der Waals surface area contributed by atoms with Gasteiger partial charge >= 0.3 is 5.97 Å². The van der Waals surface area contributed by atoms with Crippen molar-refractivity contribution in [2.24, 2.45) is 0 Å². The number of ether oxygens (including phenoxy) is 2. The lowest BCUT2D eigenvalue weighted by Crippen LogP contribution is -2.12. The summed E-state index contributed by atoms with van der Waals surface area (Å²) in [6.45, 7) is 9.75. The molecule has 4 nitrogen and oxygen atoms in total. The Bertz CT molecular complexity index is 955. The molecule has 5 heteroatoms. The highest BCUT2D eigenvalue weighted by Gasteiger charge is 2.14. The van der Waals surface area contributed by atoms with Crippen molar-refractivity contribution in [2.75, 3.05) is 0 Å². The van der Waals surface area contributed by atoms with Gasteiger partial charge in [0.15, 0.2) is 0 Å². The monoisotopic (exact) mass is 397 g/mol. The van der Waals surface area contributed by atoms with Gasteiger partial charge in [-0.3, -0.25) is 0 Å². The fourth-order valence-electron chi connectivity index (χ4n) is 2.73. The summed E-state index contributed by atoms with van der Waals surface area (Å²) in [5, 5.41) is 10.0. The van der Waals surface area contributed by atoms with Crippen LogP contribution >= 0.6 is 11.6 Å². The minimum atomic E-state index is -0.618. The molecular formula is C23H24ClNO3. The Kier molecular flexibility index (Phi) is 7.25. The number of hydrogen-bond donors (Lipinski definition) is 0. The molecule has 0 aromatic heterocycles. The van der Waals surface area contributed by atoms with Gasteiger partial charge in [0.05, 0.1) is 6.10 Å². The van der Waals surface area contributed by atoms with E-state index in [1.807, 2.05) is 51.1 Å². The Morgan fingerprint density at radius 1 is 1.14 bits per heavy atom. The van der Waals surface area contributed by atoms with E-state index < -0.39 is 5.97 Å². The second-order valence-corrected chi connectivity index (χ2v) is 7.39. The number of aryl methyl sites for hydroxylation is 3. The maximum atomic E-state index is 12.1. The average Bonchev–Trinajstić information content (AvgIpc) is 2.60. The third-order valence-corrected chi connectivity index (χ3v) is 4.46. The van der Waals surface area contributed by atoms with E-state index in [-0.39, 0.29) is 11.7 Å². The largest absolute Gasteiger partial charge is 0.489 e. The molecule has 0 saturated heterocycles. The smallest absolute Gasteiger partial charge is 0.349 e. The van der Waals surface area contributed by atoms with Crippen molar-refractivity contribution in [1.82, 2.24) is 0 Å². The predicted octanol–water partition coefficient (Wildman–Crippen LogP) is 5.70. The van der Waals surface area contributed by atoms with Gasteiger partial charge in [-0.2, -0.15) is 5.26 Å². The Morgan fingerprint density at radius 2 is 1.86 bits per heavy atom. The minimum Gasteiger partial charge on any atom is -0.489 e. The minimum absolute atomic E-state index is 0.0268. The van der Waals surface area contributed by atoms with Crippen LogP contribution in [0.4, 0.5) is 0 Å². The fourth-order valence-corrected chi connectivity index (χ4v) is 2.95. The van der Waals surface area contributed by atoms with Crippen molar-refractivity contribution in [1.29, 1.82) is 5.26 Å². The second kappa shape index (κ2) is 9.43. The molecule has 0 aliphatic rings. The number of halogens is 1. The number of carbonyl (C=O) groups excluding carboxylic acids is 1. The lowest BCUT2D eigenvalue weighted by molar-refractivity contribution is -0.142. The summed E-state index contributed by atoms with van der Waals surface area (Å²) in [5.74, 6) is 0.145. The number of carbonyl (C=O) groups is 1. The number of esters is 1. The molecule has 0 bridgehead atoms. The number of nitriles is 1. The SMILES string of the molecule is Cc1cc(C)c(COc2ccc(Cl)cc2C)cc1/C=C(\C#N)C(=O)OC(C)C. The third-order valence-electron chi connectivity index (χ3n) is 4.23. The first-order valence-corrected chi connectivity index (χ1v) is 9.41. The van der Waals surface area contributed by atoms with Crippen LogP contribution in [0.2, 0.25) is 5.02 Å². The van der Waals surface area contributed by atoms with Gasteiger partial charge in [-0.1, -0.05) is 17.7 Å². The van der Waals surface area contributed by atoms with Crippen LogP contribution in [0.15, 0.2) is 35.9 Å². The van der Waals surface area contributed by atoms with E-state index in [9.17, 15) is 10.1 Å². The van der Waals surface area contributed by atoms with Gasteiger partial charge in [0.2, 0.25) is 0 Å². The highest BCUT2D eigenvalue weighted by Crippen LogP contribution is 2.25. The summed E-state index contributed by atoms with van der Waals surface area (Å²) >= 11 is 5.99. The van der Waals surface area contributed by atoms with Crippen molar-refractivity contribution in [2.45, 2.75) is 47.3 Å². The molecule has 0 aliphatic carbocycles. The molecule has 0 spiro atoms. The molecule has 0 radical (unpaired) electrons. The van der Waals surface area contributed by atoms with E-state index in [1.54, 1.807) is 26.0 Å². The molecule has 0 amide bonds. The van der Waals surface area contributed by atoms with Crippen LogP contribution in [0.5, 0.6) is 5.75 Å². The van der Waals surface area contributed by atoms with Gasteiger partial charge in [0.25, 0.3) is 0 Å². The van der Waals surface area contributed by atoms with Gasteiger partial charge < -0.3 is 9.47 Å². The van der Waals surface area contributed by atoms with E-state index in [1.165, 1.54) is 0 Å². The topological polar surface area (TPSA) is 59.3 Å². The van der Waals surface area contributed by atoms with E-state index in [2.05, 4.69) is 0 Å². The van der Waals surface area contributed by atoms with Crippen LogP contribution < -0.4 is 4.74 Å². The third kappa shape index (κ3) is 5.61. The molecule has 0 saturated carbocycles. The number of hydrogen-bond acceptors (Lipinski definition) is 4. The Balaban J connectivity index is 2.29. The molecule has 0 heterocycles. The van der Waals surface area contributed by atoms with Gasteiger partial charge in [-0.05, 0) is 92.8 Å². The number of nitrogens with zero attached hydrogens (tertiary/aromatic N) is 1. The van der Waals surface area contributed by atoms with Crippen LogP contribution in [0, 0.1) is 32.1 Å². The van der Waals surface area contributed by atoms with Crippen LogP contribution in [-0.4, -0.2) is 12.1 Å². The predicted molar refractivity (Wildman–Crippen MR) is 111 cm³/mol. The molecule has 28 heavy (non-hydrogen) atoms. The van der Waals surface area contributed by atoms with Crippen molar-refractivity contribution in [3.05, 3.63) is 68.7 Å². The lowest BCUT2D eigenvalue weighted by Gasteiger charge is -2.14. The highest BCUT2D eigenvalue weighted by atomic mass is 35.5. The van der Waals surface area contributed by atoms with Crippen molar-refractivity contribution >= 4 is 23.6 Å². The Morgan fingerprint density at radius 3 is 2.46 bits per heavy atom. The maximum absolute atomic E-state index is 12.1. The van der Waals surface area contributed by atoms with E-state index >= 15 is 0 Å². The second-order valence-electron chi connectivity index (χ2n) is 6.96. The zero-order chi connectivity index (χ0) is 20.8. The Labute approximate surface area is 171 Å². The van der Waals surface area contributed by atoms with Crippen LogP contribution in [0.1, 0.15) is 41.7 Å². The van der Waals surface area contributed by atoms with Crippen molar-refractivity contribution in [3.8, 4) is 11.8 Å². The molecular weight excluding hydrogens is 374 g/mol. The normalized spacial score (nSPS) is 11.3. The maximum Gasteiger partial charge on any atom is 0.349 e. The lowest BCUT2D eigenvalue weighted by atomic mass is 9.98. The van der Waals surface area contributed by atoms with Crippen LogP contribution in [0.3, 0.4) is 0 Å². The summed E-state index contributed by atoms with van der Waals surface area (Å²) in [7, 11) is 0. The highest BCUT2D eigenvalue weighted by molar-refractivity contribution is 6.30. The zero-order valence-corrected chi connectivity index (χ0v) is 17.6. The van der Waals surface area contributed by atoms with Crippen molar-refractivity contribution in [3.63, 3.8) is 0 Å². The molecule has 146 valence electrons. The van der Waals surface area contributed by atoms with E-state index in [0.717, 1.165) is 33.6 Å². The molecule has 0 aliphatic heterocycles. The first-order valence-electron chi connectivity index (χ1n) is 9.03. The van der Waals surface area contributed by atoms with E-state index in [4.69, 9.17) is 21.1 Å². The van der Waals surface area contributed by atoms with Gasteiger partial charge in [0, 0.05) is 5.02 Å². The number of benzene rings is 2. The molecule has 0 fully saturated rings. The molecule has 2 aromatic rings. The van der Waals surface area contributed by atoms with Gasteiger partial charge in [-0.25, -0.2) is 4.79 Å². The quantitative estimate of drug-likeness (QED) is 0.356. The summed E-state index contributed by atoms with van der Waals surface area (Å²) in [6.07, 6.45) is 1.28. The fraction of sp³-hybridized carbons (Fsp3) is 0.304. The molecule has 0 N–H and O–H groups in total. The van der Waals surface area contributed by atoms with Gasteiger partial charge in [0.1, 0.15) is 24.0 Å². The number of rotatable bonds is 6. The van der Waals surface area contributed by atoms with E-state index in [0.29, 0.717) is 11.6 Å². The first-order chi connectivity index (χ1) is 13.2. The summed E-state index contributed by atoms with van der Waals surface area (Å²) in [6, 6.07) is 11.4. The Hall–Kier alpha value is -2.77. The molecule has 0 unspecified atom stereocenters. The molecule has 0 atom stereocenters. The molecule has 2 aromatic carbocycles. The summed E-state index contributed by atoms with van der Waals surface area (Å²) < 4.78 is 11.1. The average molecular weight is 398 g/mol. The summed E-state index contributed by atoms with van der Waals surface area (Å²) in [4.78, 5) is 12.1. The van der Waals surface area contributed by atoms with Crippen LogP contribution in [0.25, 0.3) is 6.08 Å². The summed E-state index contributed by atoms with van der Waals surface area (Å²) in [5.41, 5.74) is 4.73. The van der Waals surface area contributed by atoms with Crippen molar-refractivity contribution < 1.29 is 14.3 Å². The first kappa shape index (κ1) is 21.5. The zero-order valence-electron chi connectivity index (χ0n) is 16.8. The molecule has 2 rings (SSSR count).